The third kappa shape index (κ3) is 2.52. The van der Waals surface area contributed by atoms with E-state index in [0.29, 0.717) is 12.6 Å². The lowest BCUT2D eigenvalue weighted by Gasteiger charge is -2.25. The minimum absolute atomic E-state index is 0.198. The van der Waals surface area contributed by atoms with Gasteiger partial charge in [0.1, 0.15) is 0 Å². The maximum absolute atomic E-state index is 9.11. The molecule has 1 aliphatic heterocycles. The normalized spacial score (nSPS) is 31.2. The fourth-order valence-corrected chi connectivity index (χ4v) is 3.07. The van der Waals surface area contributed by atoms with E-state index in [1.165, 1.54) is 32.1 Å². The Morgan fingerprint density at radius 2 is 2.07 bits per heavy atom. The van der Waals surface area contributed by atoms with Crippen molar-refractivity contribution >= 4 is 0 Å². The van der Waals surface area contributed by atoms with E-state index < -0.39 is 0 Å². The Morgan fingerprint density at radius 3 is 2.67 bits per heavy atom. The van der Waals surface area contributed by atoms with Crippen molar-refractivity contribution in [3.8, 4) is 0 Å². The van der Waals surface area contributed by atoms with Gasteiger partial charge in [-0.3, -0.25) is 0 Å². The summed E-state index contributed by atoms with van der Waals surface area (Å²) in [5.41, 5.74) is 5.81. The first kappa shape index (κ1) is 11.4. The highest BCUT2D eigenvalue weighted by Gasteiger charge is 2.42. The van der Waals surface area contributed by atoms with Gasteiger partial charge in [0.05, 0.1) is 11.7 Å². The smallest absolute Gasteiger partial charge is 0.0687 e. The van der Waals surface area contributed by atoms with Crippen molar-refractivity contribution in [3.63, 3.8) is 0 Å². The molecular formula is C12H23NO2. The summed E-state index contributed by atoms with van der Waals surface area (Å²) in [6, 6.07) is 0. The predicted octanol–water partition coefficient (Wildman–Crippen LogP) is 1.44. The zero-order valence-electron chi connectivity index (χ0n) is 9.45. The molecule has 0 aromatic carbocycles. The monoisotopic (exact) mass is 213 g/mol. The second-order valence-corrected chi connectivity index (χ2v) is 5.19. The summed E-state index contributed by atoms with van der Waals surface area (Å²) in [6.07, 6.45) is 8.82. The van der Waals surface area contributed by atoms with E-state index in [4.69, 9.17) is 15.6 Å². The van der Waals surface area contributed by atoms with Crippen LogP contribution in [0.4, 0.5) is 0 Å². The number of rotatable bonds is 4. The molecule has 2 aliphatic rings. The fraction of sp³-hybridized carbons (Fsp3) is 1.00. The molecule has 2 rings (SSSR count). The van der Waals surface area contributed by atoms with Crippen molar-refractivity contribution in [2.45, 2.75) is 56.7 Å². The first-order valence-electron chi connectivity index (χ1n) is 6.27. The number of ether oxygens (including phenoxy) is 1. The Kier molecular flexibility index (Phi) is 3.65. The molecule has 0 bridgehead atoms. The van der Waals surface area contributed by atoms with Crippen molar-refractivity contribution in [2.75, 3.05) is 13.2 Å². The van der Waals surface area contributed by atoms with Crippen LogP contribution in [-0.4, -0.2) is 30.0 Å². The van der Waals surface area contributed by atoms with Gasteiger partial charge in [-0.05, 0) is 44.6 Å². The average molecular weight is 213 g/mol. The molecule has 3 heteroatoms. The van der Waals surface area contributed by atoms with Gasteiger partial charge in [-0.25, -0.2) is 0 Å². The molecule has 1 saturated carbocycles. The molecule has 15 heavy (non-hydrogen) atoms. The van der Waals surface area contributed by atoms with Crippen LogP contribution in [0.15, 0.2) is 0 Å². The highest BCUT2D eigenvalue weighted by Crippen LogP contribution is 2.44. The summed E-state index contributed by atoms with van der Waals surface area (Å²) in [7, 11) is 0. The highest BCUT2D eigenvalue weighted by molar-refractivity contribution is 4.93. The third-order valence-electron chi connectivity index (χ3n) is 4.04. The zero-order valence-corrected chi connectivity index (χ0v) is 9.45. The topological polar surface area (TPSA) is 55.5 Å². The van der Waals surface area contributed by atoms with Crippen LogP contribution in [-0.2, 0) is 4.74 Å². The highest BCUT2D eigenvalue weighted by atomic mass is 16.5. The Labute approximate surface area is 92.0 Å². The average Bonchev–Trinajstić information content (AvgIpc) is 2.87. The fourth-order valence-electron chi connectivity index (χ4n) is 3.07. The molecular weight excluding hydrogens is 190 g/mol. The summed E-state index contributed by atoms with van der Waals surface area (Å²) >= 11 is 0. The number of aliphatic hydroxyl groups excluding tert-OH is 1. The molecule has 1 spiro atoms. The van der Waals surface area contributed by atoms with E-state index in [0.717, 1.165) is 12.8 Å². The number of nitrogens with two attached hydrogens (primary N) is 1. The van der Waals surface area contributed by atoms with E-state index in [9.17, 15) is 0 Å². The second kappa shape index (κ2) is 4.81. The van der Waals surface area contributed by atoms with Crippen LogP contribution in [0.2, 0.25) is 0 Å². The molecule has 3 N–H and O–H groups in total. The van der Waals surface area contributed by atoms with E-state index in [2.05, 4.69) is 0 Å². The summed E-state index contributed by atoms with van der Waals surface area (Å²) < 4.78 is 6.18. The van der Waals surface area contributed by atoms with Crippen molar-refractivity contribution in [1.29, 1.82) is 0 Å². The van der Waals surface area contributed by atoms with Gasteiger partial charge in [0.25, 0.3) is 0 Å². The van der Waals surface area contributed by atoms with Crippen LogP contribution in [0.25, 0.3) is 0 Å². The minimum atomic E-state index is 0.198. The lowest BCUT2D eigenvalue weighted by molar-refractivity contribution is -0.0461. The third-order valence-corrected chi connectivity index (χ3v) is 4.04. The number of aliphatic hydroxyl groups is 1. The van der Waals surface area contributed by atoms with Crippen LogP contribution >= 0.6 is 0 Å². The molecule has 0 amide bonds. The van der Waals surface area contributed by atoms with Crippen molar-refractivity contribution in [1.82, 2.24) is 0 Å². The standard InChI is InChI=1S/C12H23NO2/c13-8-10(9-14)7-11-3-6-12(15-11)4-1-2-5-12/h10-11,14H,1-9,13H2. The van der Waals surface area contributed by atoms with E-state index in [1.807, 2.05) is 0 Å². The molecule has 2 atom stereocenters. The van der Waals surface area contributed by atoms with E-state index >= 15 is 0 Å². The van der Waals surface area contributed by atoms with Crippen molar-refractivity contribution in [2.24, 2.45) is 11.7 Å². The summed E-state index contributed by atoms with van der Waals surface area (Å²) in [5.74, 6) is 0.228. The maximum atomic E-state index is 9.11. The summed E-state index contributed by atoms with van der Waals surface area (Å²) in [5, 5.41) is 9.11. The van der Waals surface area contributed by atoms with Gasteiger partial charge < -0.3 is 15.6 Å². The molecule has 88 valence electrons. The quantitative estimate of drug-likeness (QED) is 0.743. The van der Waals surface area contributed by atoms with E-state index in [-0.39, 0.29) is 18.1 Å². The molecule has 3 nitrogen and oxygen atoms in total. The summed E-state index contributed by atoms with van der Waals surface area (Å²) in [6.45, 7) is 0.771. The molecule has 1 heterocycles. The first-order chi connectivity index (χ1) is 7.28. The predicted molar refractivity (Wildman–Crippen MR) is 59.6 cm³/mol. The van der Waals surface area contributed by atoms with Gasteiger partial charge in [-0.2, -0.15) is 0 Å². The molecule has 1 saturated heterocycles. The van der Waals surface area contributed by atoms with Gasteiger partial charge in [-0.1, -0.05) is 12.8 Å². The Hall–Kier alpha value is -0.120. The van der Waals surface area contributed by atoms with Crippen molar-refractivity contribution < 1.29 is 9.84 Å². The SMILES string of the molecule is NCC(CO)CC1CCC2(CCCC2)O1. The van der Waals surface area contributed by atoms with Gasteiger partial charge in [-0.15, -0.1) is 0 Å². The molecule has 0 radical (unpaired) electrons. The zero-order chi connectivity index (χ0) is 10.7. The second-order valence-electron chi connectivity index (χ2n) is 5.19. The largest absolute Gasteiger partial charge is 0.396 e. The summed E-state index contributed by atoms with van der Waals surface area (Å²) in [4.78, 5) is 0. The van der Waals surface area contributed by atoms with E-state index in [1.54, 1.807) is 0 Å². The molecule has 1 aliphatic carbocycles. The molecule has 2 unspecified atom stereocenters. The van der Waals surface area contributed by atoms with Crippen LogP contribution in [0.3, 0.4) is 0 Å². The Balaban J connectivity index is 1.81. The number of hydrogen-bond acceptors (Lipinski definition) is 3. The lowest BCUT2D eigenvalue weighted by Crippen LogP contribution is -2.28. The van der Waals surface area contributed by atoms with Gasteiger partial charge in [0.2, 0.25) is 0 Å². The van der Waals surface area contributed by atoms with Crippen LogP contribution in [0, 0.1) is 5.92 Å². The van der Waals surface area contributed by atoms with Gasteiger partial charge >= 0.3 is 0 Å². The van der Waals surface area contributed by atoms with Crippen LogP contribution < -0.4 is 5.73 Å². The van der Waals surface area contributed by atoms with Crippen LogP contribution in [0.1, 0.15) is 44.9 Å². The molecule has 0 aromatic heterocycles. The van der Waals surface area contributed by atoms with Crippen LogP contribution in [0.5, 0.6) is 0 Å². The Bertz CT molecular complexity index is 198. The maximum Gasteiger partial charge on any atom is 0.0687 e. The first-order valence-corrected chi connectivity index (χ1v) is 6.27. The minimum Gasteiger partial charge on any atom is -0.396 e. The molecule has 0 aromatic rings. The Morgan fingerprint density at radius 1 is 1.33 bits per heavy atom. The van der Waals surface area contributed by atoms with Crippen molar-refractivity contribution in [3.05, 3.63) is 0 Å². The lowest BCUT2D eigenvalue weighted by atomic mass is 9.96. The number of hydrogen-bond donors (Lipinski definition) is 2. The van der Waals surface area contributed by atoms with Gasteiger partial charge in [0, 0.05) is 6.61 Å². The van der Waals surface area contributed by atoms with Gasteiger partial charge in [0.15, 0.2) is 0 Å². The molecule has 2 fully saturated rings.